The number of hydrogen-bond acceptors (Lipinski definition) is 3. The quantitative estimate of drug-likeness (QED) is 0.745. The van der Waals surface area contributed by atoms with Crippen LogP contribution in [0.25, 0.3) is 0 Å². The number of benzene rings is 2. The molecule has 0 aromatic heterocycles. The zero-order chi connectivity index (χ0) is 20.0. The molecule has 1 atom stereocenters. The van der Waals surface area contributed by atoms with Gasteiger partial charge in [-0.05, 0) is 55.3 Å². The summed E-state index contributed by atoms with van der Waals surface area (Å²) in [4.78, 5) is 12.0. The molecule has 2 aromatic carbocycles. The van der Waals surface area contributed by atoms with Crippen molar-refractivity contribution in [1.29, 1.82) is 0 Å². The summed E-state index contributed by atoms with van der Waals surface area (Å²) in [6, 6.07) is 10.2. The van der Waals surface area contributed by atoms with Crippen LogP contribution >= 0.6 is 0 Å². The van der Waals surface area contributed by atoms with Gasteiger partial charge in [-0.15, -0.1) is 0 Å². The number of nitrogens with zero attached hydrogens (tertiary/aromatic N) is 1. The molecule has 0 aliphatic heterocycles. The lowest BCUT2D eigenvalue weighted by molar-refractivity contribution is -0.121. The van der Waals surface area contributed by atoms with Crippen molar-refractivity contribution in [3.05, 3.63) is 65.7 Å². The van der Waals surface area contributed by atoms with Crippen molar-refractivity contribution in [2.75, 3.05) is 13.6 Å². The molecule has 8 heteroatoms. The molecular formula is C19H22F2N2O3S. The Kier molecular flexibility index (Phi) is 7.04. The van der Waals surface area contributed by atoms with E-state index in [0.29, 0.717) is 6.42 Å². The van der Waals surface area contributed by atoms with Crippen LogP contribution in [-0.4, -0.2) is 32.2 Å². The predicted octanol–water partition coefficient (Wildman–Crippen LogP) is 3.24. The van der Waals surface area contributed by atoms with Crippen LogP contribution < -0.4 is 5.32 Å². The normalized spacial score (nSPS) is 12.8. The van der Waals surface area contributed by atoms with Gasteiger partial charge in [0.25, 0.3) is 0 Å². The Morgan fingerprint density at radius 3 is 2.11 bits per heavy atom. The smallest absolute Gasteiger partial charge is 0.242 e. The molecule has 0 fully saturated rings. The molecule has 0 aliphatic rings. The minimum Gasteiger partial charge on any atom is -0.350 e. The van der Waals surface area contributed by atoms with E-state index >= 15 is 0 Å². The molecule has 5 nitrogen and oxygen atoms in total. The van der Waals surface area contributed by atoms with Crippen molar-refractivity contribution in [1.82, 2.24) is 9.62 Å². The Labute approximate surface area is 158 Å². The number of rotatable bonds is 8. The van der Waals surface area contributed by atoms with Crippen molar-refractivity contribution in [2.24, 2.45) is 0 Å². The zero-order valence-corrected chi connectivity index (χ0v) is 16.0. The Morgan fingerprint density at radius 2 is 1.56 bits per heavy atom. The van der Waals surface area contributed by atoms with Crippen molar-refractivity contribution in [3.63, 3.8) is 0 Å². The van der Waals surface area contributed by atoms with Gasteiger partial charge in [-0.2, -0.15) is 0 Å². The second-order valence-corrected chi connectivity index (χ2v) is 8.27. The van der Waals surface area contributed by atoms with E-state index in [4.69, 9.17) is 0 Å². The van der Waals surface area contributed by atoms with Crippen LogP contribution in [0.4, 0.5) is 8.78 Å². The van der Waals surface area contributed by atoms with Gasteiger partial charge in [-0.3, -0.25) is 4.79 Å². The summed E-state index contributed by atoms with van der Waals surface area (Å²) in [5, 5.41) is 2.80. The molecule has 0 radical (unpaired) electrons. The van der Waals surface area contributed by atoms with Crippen molar-refractivity contribution >= 4 is 15.9 Å². The second kappa shape index (κ2) is 9.05. The van der Waals surface area contributed by atoms with E-state index in [0.717, 1.165) is 22.0 Å². The fourth-order valence-corrected chi connectivity index (χ4v) is 3.73. The van der Waals surface area contributed by atoms with Crippen LogP contribution in [0.15, 0.2) is 53.4 Å². The lowest BCUT2D eigenvalue weighted by atomic mass is 10.1. The maximum atomic E-state index is 12.9. The highest BCUT2D eigenvalue weighted by atomic mass is 32.2. The molecule has 0 spiro atoms. The van der Waals surface area contributed by atoms with Gasteiger partial charge >= 0.3 is 0 Å². The highest BCUT2D eigenvalue weighted by Crippen LogP contribution is 2.16. The van der Waals surface area contributed by atoms with Gasteiger partial charge in [0.1, 0.15) is 11.6 Å². The standard InChI is InChI=1S/C19H22F2N2O3S/c1-14(15-5-7-16(20)8-6-15)22-19(24)4-3-13-23(2)27(25,26)18-11-9-17(21)10-12-18/h5-12,14H,3-4,13H2,1-2H3,(H,22,24). The summed E-state index contributed by atoms with van der Waals surface area (Å²) in [7, 11) is -2.31. The fraction of sp³-hybridized carbons (Fsp3) is 0.316. The third-order valence-electron chi connectivity index (χ3n) is 4.15. The van der Waals surface area contributed by atoms with Crippen LogP contribution in [0.3, 0.4) is 0 Å². The van der Waals surface area contributed by atoms with Crippen LogP contribution in [0, 0.1) is 11.6 Å². The average Bonchev–Trinajstić information content (AvgIpc) is 2.62. The number of sulfonamides is 1. The van der Waals surface area contributed by atoms with Gasteiger partial charge in [-0.1, -0.05) is 12.1 Å². The van der Waals surface area contributed by atoms with E-state index in [1.54, 1.807) is 19.1 Å². The van der Waals surface area contributed by atoms with Crippen LogP contribution in [0.5, 0.6) is 0 Å². The van der Waals surface area contributed by atoms with Crippen molar-refractivity contribution in [3.8, 4) is 0 Å². The second-order valence-electron chi connectivity index (χ2n) is 6.22. The predicted molar refractivity (Wildman–Crippen MR) is 98.4 cm³/mol. The maximum Gasteiger partial charge on any atom is 0.242 e. The Bertz CT molecular complexity index is 869. The largest absolute Gasteiger partial charge is 0.350 e. The number of carbonyl (C=O) groups excluding carboxylic acids is 1. The lowest BCUT2D eigenvalue weighted by Gasteiger charge is -2.18. The molecule has 2 rings (SSSR count). The average molecular weight is 396 g/mol. The van der Waals surface area contributed by atoms with Gasteiger partial charge in [0.15, 0.2) is 0 Å². The summed E-state index contributed by atoms with van der Waals surface area (Å²) >= 11 is 0. The van der Waals surface area contributed by atoms with Crippen LogP contribution in [0.1, 0.15) is 31.4 Å². The van der Waals surface area contributed by atoms with Gasteiger partial charge in [-0.25, -0.2) is 21.5 Å². The third kappa shape index (κ3) is 5.83. The summed E-state index contributed by atoms with van der Waals surface area (Å²) in [5.41, 5.74) is 0.778. The van der Waals surface area contributed by atoms with E-state index < -0.39 is 15.8 Å². The van der Waals surface area contributed by atoms with Crippen molar-refractivity contribution in [2.45, 2.75) is 30.7 Å². The molecule has 0 saturated carbocycles. The topological polar surface area (TPSA) is 66.5 Å². The molecule has 27 heavy (non-hydrogen) atoms. The number of amides is 1. The number of carbonyl (C=O) groups is 1. The van der Waals surface area contributed by atoms with E-state index in [1.165, 1.54) is 31.3 Å². The molecule has 0 saturated heterocycles. The van der Waals surface area contributed by atoms with Crippen LogP contribution in [-0.2, 0) is 14.8 Å². The molecule has 146 valence electrons. The minimum absolute atomic E-state index is 0.000726. The molecule has 2 aromatic rings. The SMILES string of the molecule is CC(NC(=O)CCCN(C)S(=O)(=O)c1ccc(F)cc1)c1ccc(F)cc1. The third-order valence-corrected chi connectivity index (χ3v) is 6.02. The van der Waals surface area contributed by atoms with Gasteiger partial charge in [0, 0.05) is 20.0 Å². The highest BCUT2D eigenvalue weighted by molar-refractivity contribution is 7.89. The summed E-state index contributed by atoms with van der Waals surface area (Å²) in [5.74, 6) is -1.08. The highest BCUT2D eigenvalue weighted by Gasteiger charge is 2.20. The van der Waals surface area contributed by atoms with E-state index in [9.17, 15) is 22.0 Å². The number of halogens is 2. The molecule has 1 amide bonds. The first kappa shape index (κ1) is 21.0. The Morgan fingerprint density at radius 1 is 1.04 bits per heavy atom. The zero-order valence-electron chi connectivity index (χ0n) is 15.2. The molecule has 0 heterocycles. The molecule has 1 N–H and O–H groups in total. The summed E-state index contributed by atoms with van der Waals surface area (Å²) < 4.78 is 51.8. The molecular weight excluding hydrogens is 374 g/mol. The first-order valence-electron chi connectivity index (χ1n) is 8.47. The monoisotopic (exact) mass is 396 g/mol. The maximum absolute atomic E-state index is 12.9. The Hall–Kier alpha value is -2.32. The summed E-state index contributed by atoms with van der Waals surface area (Å²) in [6.07, 6.45) is 0.480. The van der Waals surface area contributed by atoms with Gasteiger partial charge in [0.2, 0.25) is 15.9 Å². The fourth-order valence-electron chi connectivity index (χ4n) is 2.52. The lowest BCUT2D eigenvalue weighted by Crippen LogP contribution is -2.30. The molecule has 1 unspecified atom stereocenters. The Balaban J connectivity index is 1.83. The van der Waals surface area contributed by atoms with E-state index in [-0.39, 0.29) is 35.6 Å². The van der Waals surface area contributed by atoms with E-state index in [1.807, 2.05) is 0 Å². The van der Waals surface area contributed by atoms with E-state index in [2.05, 4.69) is 5.32 Å². The molecule has 0 aliphatic carbocycles. The first-order chi connectivity index (χ1) is 12.7. The molecule has 0 bridgehead atoms. The van der Waals surface area contributed by atoms with Gasteiger partial charge in [0.05, 0.1) is 10.9 Å². The first-order valence-corrected chi connectivity index (χ1v) is 9.91. The minimum atomic E-state index is -3.72. The van der Waals surface area contributed by atoms with Crippen LogP contribution in [0.2, 0.25) is 0 Å². The number of nitrogens with one attached hydrogen (secondary N) is 1. The van der Waals surface area contributed by atoms with Gasteiger partial charge < -0.3 is 5.32 Å². The number of hydrogen-bond donors (Lipinski definition) is 1. The summed E-state index contributed by atoms with van der Waals surface area (Å²) in [6.45, 7) is 1.94. The van der Waals surface area contributed by atoms with Crippen molar-refractivity contribution < 1.29 is 22.0 Å².